The lowest BCUT2D eigenvalue weighted by atomic mass is 9.96. The fourth-order valence-corrected chi connectivity index (χ4v) is 2.77. The van der Waals surface area contributed by atoms with Crippen LogP contribution in [0.5, 0.6) is 5.75 Å². The Hall–Kier alpha value is -2.07. The average Bonchev–Trinajstić information content (AvgIpc) is 2.61. The smallest absolute Gasteiger partial charge is 0.171 e. The highest BCUT2D eigenvalue weighted by Crippen LogP contribution is 2.21. The molecule has 0 saturated carbocycles. The Morgan fingerprint density at radius 2 is 1.58 bits per heavy atom. The number of benzene rings is 2. The van der Waals surface area contributed by atoms with Gasteiger partial charge in [0.25, 0.3) is 0 Å². The van der Waals surface area contributed by atoms with Gasteiger partial charge in [-0.25, -0.2) is 0 Å². The lowest BCUT2D eigenvalue weighted by molar-refractivity contribution is 0.415. The van der Waals surface area contributed by atoms with E-state index in [4.69, 9.17) is 17.0 Å². The van der Waals surface area contributed by atoms with Crippen LogP contribution in [-0.2, 0) is 0 Å². The molecule has 0 fully saturated rings. The maximum absolute atomic E-state index is 5.41. The number of methoxy groups -OCH3 is 1. The van der Waals surface area contributed by atoms with Crippen LogP contribution in [0.2, 0.25) is 0 Å². The Kier molecular flexibility index (Phi) is 6.62. The molecule has 0 spiro atoms. The van der Waals surface area contributed by atoms with Crippen molar-refractivity contribution in [3.63, 3.8) is 0 Å². The minimum absolute atomic E-state index is 0.147. The van der Waals surface area contributed by atoms with Gasteiger partial charge in [0.15, 0.2) is 5.11 Å². The number of hydrogen-bond acceptors (Lipinski definition) is 2. The Labute approximate surface area is 150 Å². The van der Waals surface area contributed by atoms with Gasteiger partial charge in [-0.2, -0.15) is 0 Å². The van der Waals surface area contributed by atoms with E-state index in [0.717, 1.165) is 17.9 Å². The van der Waals surface area contributed by atoms with Crippen LogP contribution in [0.3, 0.4) is 0 Å². The monoisotopic (exact) mass is 342 g/mol. The molecule has 0 heterocycles. The van der Waals surface area contributed by atoms with Crippen molar-refractivity contribution in [1.82, 2.24) is 5.32 Å². The van der Waals surface area contributed by atoms with Gasteiger partial charge in [-0.05, 0) is 66.9 Å². The van der Waals surface area contributed by atoms with E-state index in [0.29, 0.717) is 11.0 Å². The minimum Gasteiger partial charge on any atom is -0.497 e. The SMILES string of the molecule is CCC(C)c1ccc(C(C)NC(=S)Nc2ccc(OC)cc2)cc1. The molecule has 0 aliphatic carbocycles. The lowest BCUT2D eigenvalue weighted by Gasteiger charge is -2.18. The number of anilines is 1. The number of thiocarbonyl (C=S) groups is 1. The summed E-state index contributed by atoms with van der Waals surface area (Å²) in [4.78, 5) is 0. The molecule has 2 aromatic carbocycles. The largest absolute Gasteiger partial charge is 0.497 e. The number of hydrogen-bond donors (Lipinski definition) is 2. The maximum atomic E-state index is 5.41. The molecule has 4 heteroatoms. The van der Waals surface area contributed by atoms with Crippen LogP contribution in [0.15, 0.2) is 48.5 Å². The van der Waals surface area contributed by atoms with E-state index in [9.17, 15) is 0 Å². The third kappa shape index (κ3) is 4.96. The zero-order chi connectivity index (χ0) is 17.5. The van der Waals surface area contributed by atoms with Gasteiger partial charge < -0.3 is 15.4 Å². The summed E-state index contributed by atoms with van der Waals surface area (Å²) in [5.41, 5.74) is 3.54. The van der Waals surface area contributed by atoms with E-state index in [1.54, 1.807) is 7.11 Å². The van der Waals surface area contributed by atoms with Crippen molar-refractivity contribution in [1.29, 1.82) is 0 Å². The standard InChI is InChI=1S/C20H26N2OS/c1-5-14(2)16-6-8-17(9-7-16)15(3)21-20(24)22-18-10-12-19(23-4)13-11-18/h6-15H,5H2,1-4H3,(H2,21,22,24). The van der Waals surface area contributed by atoms with Gasteiger partial charge in [0.2, 0.25) is 0 Å². The van der Waals surface area contributed by atoms with Crippen LogP contribution < -0.4 is 15.4 Å². The molecular weight excluding hydrogens is 316 g/mol. The predicted molar refractivity (Wildman–Crippen MR) is 106 cm³/mol. The van der Waals surface area contributed by atoms with Gasteiger partial charge in [0.05, 0.1) is 13.2 Å². The van der Waals surface area contributed by atoms with Crippen LogP contribution in [0.25, 0.3) is 0 Å². The van der Waals surface area contributed by atoms with Crippen LogP contribution in [0.1, 0.15) is 50.3 Å². The Morgan fingerprint density at radius 1 is 1.00 bits per heavy atom. The number of ether oxygens (including phenoxy) is 1. The highest BCUT2D eigenvalue weighted by atomic mass is 32.1. The van der Waals surface area contributed by atoms with E-state index in [1.165, 1.54) is 11.1 Å². The summed E-state index contributed by atoms with van der Waals surface area (Å²) < 4.78 is 5.15. The van der Waals surface area contributed by atoms with Crippen molar-refractivity contribution in [2.45, 2.75) is 39.2 Å². The van der Waals surface area contributed by atoms with Gasteiger partial charge in [0, 0.05) is 5.69 Å². The first kappa shape index (κ1) is 18.3. The Morgan fingerprint density at radius 3 is 2.12 bits per heavy atom. The van der Waals surface area contributed by atoms with E-state index >= 15 is 0 Å². The van der Waals surface area contributed by atoms with Crippen LogP contribution in [0, 0.1) is 0 Å². The quantitative estimate of drug-likeness (QED) is 0.702. The minimum atomic E-state index is 0.147. The fraction of sp³-hybridized carbons (Fsp3) is 0.350. The second-order valence-corrected chi connectivity index (χ2v) is 6.43. The van der Waals surface area contributed by atoms with Gasteiger partial charge in [-0.15, -0.1) is 0 Å². The van der Waals surface area contributed by atoms with Gasteiger partial charge >= 0.3 is 0 Å². The molecule has 128 valence electrons. The summed E-state index contributed by atoms with van der Waals surface area (Å²) in [7, 11) is 1.66. The third-order valence-corrected chi connectivity index (χ3v) is 4.53. The summed E-state index contributed by atoms with van der Waals surface area (Å²) in [5.74, 6) is 1.43. The van der Waals surface area contributed by atoms with E-state index < -0.39 is 0 Å². The molecule has 0 bridgehead atoms. The van der Waals surface area contributed by atoms with E-state index in [2.05, 4.69) is 55.7 Å². The molecule has 24 heavy (non-hydrogen) atoms. The molecule has 2 unspecified atom stereocenters. The van der Waals surface area contributed by atoms with Crippen molar-refractivity contribution in [2.75, 3.05) is 12.4 Å². The van der Waals surface area contributed by atoms with Gasteiger partial charge in [-0.3, -0.25) is 0 Å². The third-order valence-electron chi connectivity index (χ3n) is 4.31. The molecule has 0 amide bonds. The normalized spacial score (nSPS) is 13.0. The second kappa shape index (κ2) is 8.69. The summed E-state index contributed by atoms with van der Waals surface area (Å²) >= 11 is 5.41. The van der Waals surface area contributed by atoms with Crippen molar-refractivity contribution in [3.8, 4) is 5.75 Å². The molecule has 0 saturated heterocycles. The maximum Gasteiger partial charge on any atom is 0.171 e. The van der Waals surface area contributed by atoms with Crippen LogP contribution >= 0.6 is 12.2 Å². The second-order valence-electron chi connectivity index (χ2n) is 6.02. The average molecular weight is 343 g/mol. The molecule has 0 aliphatic heterocycles. The Balaban J connectivity index is 1.92. The van der Waals surface area contributed by atoms with Gasteiger partial charge in [-0.1, -0.05) is 38.1 Å². The zero-order valence-corrected chi connectivity index (χ0v) is 15.6. The molecule has 2 rings (SSSR count). The molecule has 2 aromatic rings. The van der Waals surface area contributed by atoms with E-state index in [1.807, 2.05) is 24.3 Å². The topological polar surface area (TPSA) is 33.3 Å². The highest BCUT2D eigenvalue weighted by Gasteiger charge is 2.09. The first-order valence-corrected chi connectivity index (χ1v) is 8.75. The number of nitrogens with one attached hydrogen (secondary N) is 2. The first-order valence-electron chi connectivity index (χ1n) is 8.35. The number of rotatable bonds is 6. The van der Waals surface area contributed by atoms with Crippen LogP contribution in [0.4, 0.5) is 5.69 Å². The summed E-state index contributed by atoms with van der Waals surface area (Å²) in [5, 5.41) is 7.13. The summed E-state index contributed by atoms with van der Waals surface area (Å²) in [6.07, 6.45) is 1.16. The molecule has 0 radical (unpaired) electrons. The zero-order valence-electron chi connectivity index (χ0n) is 14.8. The van der Waals surface area contributed by atoms with Crippen LogP contribution in [-0.4, -0.2) is 12.2 Å². The molecule has 2 N–H and O–H groups in total. The first-order chi connectivity index (χ1) is 11.5. The molecule has 2 atom stereocenters. The van der Waals surface area contributed by atoms with Crippen molar-refractivity contribution >= 4 is 23.0 Å². The van der Waals surface area contributed by atoms with Gasteiger partial charge in [0.1, 0.15) is 5.75 Å². The molecular formula is C20H26N2OS. The Bertz CT molecular complexity index is 652. The molecule has 3 nitrogen and oxygen atoms in total. The van der Waals surface area contributed by atoms with Crippen molar-refractivity contribution in [2.24, 2.45) is 0 Å². The molecule has 0 aromatic heterocycles. The van der Waals surface area contributed by atoms with Crippen molar-refractivity contribution in [3.05, 3.63) is 59.7 Å². The lowest BCUT2D eigenvalue weighted by Crippen LogP contribution is -2.30. The predicted octanol–water partition coefficient (Wildman–Crippen LogP) is 5.26. The fourth-order valence-electron chi connectivity index (χ4n) is 2.47. The summed E-state index contributed by atoms with van der Waals surface area (Å²) in [6.45, 7) is 6.58. The van der Waals surface area contributed by atoms with E-state index in [-0.39, 0.29) is 6.04 Å². The molecule has 0 aliphatic rings. The summed E-state index contributed by atoms with van der Waals surface area (Å²) in [6, 6.07) is 16.6. The highest BCUT2D eigenvalue weighted by molar-refractivity contribution is 7.80. The van der Waals surface area contributed by atoms with Crippen molar-refractivity contribution < 1.29 is 4.74 Å².